The number of rotatable bonds is 9. The normalized spacial score (nSPS) is 12.1. The minimum atomic E-state index is -1.09. The summed E-state index contributed by atoms with van der Waals surface area (Å²) in [5.41, 5.74) is 0.870. The summed E-state index contributed by atoms with van der Waals surface area (Å²) in [4.78, 5) is 23.2. The molecule has 2 rings (SSSR count). The molecule has 0 aromatic heterocycles. The Morgan fingerprint density at radius 1 is 1.23 bits per heavy atom. The third-order valence-electron chi connectivity index (χ3n) is 4.28. The van der Waals surface area contributed by atoms with Crippen LogP contribution in [0.25, 0.3) is 6.08 Å². The van der Waals surface area contributed by atoms with E-state index < -0.39 is 23.7 Å². The zero-order valence-electron chi connectivity index (χ0n) is 16.8. The molecule has 30 heavy (non-hydrogen) atoms. The van der Waals surface area contributed by atoms with Crippen LogP contribution in [0, 0.1) is 11.7 Å². The Morgan fingerprint density at radius 3 is 2.57 bits per heavy atom. The largest absolute Gasteiger partial charge is 0.493 e. The van der Waals surface area contributed by atoms with E-state index in [2.05, 4.69) is 5.32 Å². The molecule has 0 saturated heterocycles. The van der Waals surface area contributed by atoms with Gasteiger partial charge in [0.05, 0.1) is 12.1 Å². The maximum Gasteiger partial charge on any atom is 0.326 e. The highest BCUT2D eigenvalue weighted by molar-refractivity contribution is 6.31. The number of carbonyl (C=O) groups is 2. The Kier molecular flexibility index (Phi) is 8.24. The van der Waals surface area contributed by atoms with Crippen molar-refractivity contribution in [3.05, 3.63) is 64.4 Å². The van der Waals surface area contributed by atoms with Crippen LogP contribution in [0.15, 0.2) is 42.5 Å². The summed E-state index contributed by atoms with van der Waals surface area (Å²) in [5.74, 6) is -1.57. The highest BCUT2D eigenvalue weighted by atomic mass is 35.5. The van der Waals surface area contributed by atoms with Crippen LogP contribution in [0.4, 0.5) is 4.39 Å². The maximum atomic E-state index is 13.9. The van der Waals surface area contributed by atoms with Crippen LogP contribution in [0.5, 0.6) is 11.5 Å². The van der Waals surface area contributed by atoms with E-state index in [4.69, 9.17) is 26.2 Å². The summed E-state index contributed by atoms with van der Waals surface area (Å²) >= 11 is 6.01. The molecule has 2 aromatic carbocycles. The van der Waals surface area contributed by atoms with Crippen LogP contribution in [0.2, 0.25) is 5.02 Å². The number of carboxylic acid groups (broad SMARTS) is 1. The molecule has 2 N–H and O–H groups in total. The van der Waals surface area contributed by atoms with E-state index in [9.17, 15) is 14.0 Å². The van der Waals surface area contributed by atoms with E-state index in [-0.39, 0.29) is 23.1 Å². The van der Waals surface area contributed by atoms with Gasteiger partial charge in [0.2, 0.25) is 5.91 Å². The molecule has 0 fully saturated rings. The quantitative estimate of drug-likeness (QED) is 0.573. The molecule has 0 heterocycles. The van der Waals surface area contributed by atoms with Crippen molar-refractivity contribution in [1.82, 2.24) is 5.32 Å². The number of hydrogen-bond donors (Lipinski definition) is 2. The first-order valence-corrected chi connectivity index (χ1v) is 9.55. The van der Waals surface area contributed by atoms with Gasteiger partial charge >= 0.3 is 5.97 Å². The van der Waals surface area contributed by atoms with Gasteiger partial charge in [-0.1, -0.05) is 37.6 Å². The van der Waals surface area contributed by atoms with Crippen LogP contribution in [-0.2, 0) is 16.2 Å². The molecule has 1 atom stereocenters. The second-order valence-electron chi connectivity index (χ2n) is 6.80. The Morgan fingerprint density at radius 2 is 1.97 bits per heavy atom. The first-order valence-electron chi connectivity index (χ1n) is 9.18. The summed E-state index contributed by atoms with van der Waals surface area (Å²) in [6.07, 6.45) is 2.77. The van der Waals surface area contributed by atoms with Gasteiger partial charge in [-0.3, -0.25) is 4.79 Å². The molecule has 0 aliphatic heterocycles. The third-order valence-corrected chi connectivity index (χ3v) is 4.63. The molecule has 0 bridgehead atoms. The number of ether oxygens (including phenoxy) is 2. The minimum absolute atomic E-state index is 0.0781. The smallest absolute Gasteiger partial charge is 0.326 e. The van der Waals surface area contributed by atoms with Gasteiger partial charge in [0.15, 0.2) is 11.5 Å². The average Bonchev–Trinajstić information content (AvgIpc) is 2.70. The number of carboxylic acids is 1. The van der Waals surface area contributed by atoms with Crippen LogP contribution >= 0.6 is 11.6 Å². The van der Waals surface area contributed by atoms with Gasteiger partial charge in [-0.25, -0.2) is 9.18 Å². The summed E-state index contributed by atoms with van der Waals surface area (Å²) in [6.45, 7) is 3.34. The molecule has 1 amide bonds. The monoisotopic (exact) mass is 435 g/mol. The van der Waals surface area contributed by atoms with Crippen LogP contribution in [0.3, 0.4) is 0 Å². The lowest BCUT2D eigenvalue weighted by atomic mass is 10.0. The number of aliphatic carboxylic acids is 1. The number of carbonyl (C=O) groups excluding carboxylic acids is 1. The number of nitrogens with one attached hydrogen (secondary N) is 1. The lowest BCUT2D eigenvalue weighted by Gasteiger charge is -2.16. The minimum Gasteiger partial charge on any atom is -0.493 e. The van der Waals surface area contributed by atoms with Gasteiger partial charge in [0, 0.05) is 11.6 Å². The molecule has 2 aromatic rings. The highest BCUT2D eigenvalue weighted by Crippen LogP contribution is 2.30. The van der Waals surface area contributed by atoms with Gasteiger partial charge in [-0.2, -0.15) is 0 Å². The van der Waals surface area contributed by atoms with Crippen molar-refractivity contribution < 1.29 is 28.6 Å². The van der Waals surface area contributed by atoms with E-state index >= 15 is 0 Å². The predicted octanol–water partition coefficient (Wildman–Crippen LogP) is 4.31. The fraction of sp³-hybridized carbons (Fsp3) is 0.273. The van der Waals surface area contributed by atoms with Gasteiger partial charge in [0.1, 0.15) is 18.5 Å². The second-order valence-corrected chi connectivity index (χ2v) is 7.21. The number of halogens is 2. The van der Waals surface area contributed by atoms with Gasteiger partial charge in [-0.05, 0) is 41.8 Å². The molecule has 0 aliphatic carbocycles. The molecule has 160 valence electrons. The fourth-order valence-electron chi connectivity index (χ4n) is 2.61. The fourth-order valence-corrected chi connectivity index (χ4v) is 2.83. The summed E-state index contributed by atoms with van der Waals surface area (Å²) < 4.78 is 24.8. The number of benzene rings is 2. The Balaban J connectivity index is 2.09. The van der Waals surface area contributed by atoms with E-state index in [1.807, 2.05) is 0 Å². The number of hydrogen-bond acceptors (Lipinski definition) is 4. The van der Waals surface area contributed by atoms with Gasteiger partial charge in [0.25, 0.3) is 0 Å². The molecule has 0 spiro atoms. The van der Waals surface area contributed by atoms with Crippen molar-refractivity contribution in [2.75, 3.05) is 7.11 Å². The van der Waals surface area contributed by atoms with E-state index in [1.165, 1.54) is 31.4 Å². The summed E-state index contributed by atoms with van der Waals surface area (Å²) in [5, 5.41) is 11.9. The molecular weight excluding hydrogens is 413 g/mol. The number of methoxy groups -OCH3 is 1. The number of amides is 1. The van der Waals surface area contributed by atoms with Crippen molar-refractivity contribution >= 4 is 29.6 Å². The highest BCUT2D eigenvalue weighted by Gasteiger charge is 2.22. The molecule has 6 nitrogen and oxygen atoms in total. The van der Waals surface area contributed by atoms with Crippen LogP contribution < -0.4 is 14.8 Å². The van der Waals surface area contributed by atoms with Gasteiger partial charge < -0.3 is 19.9 Å². The van der Waals surface area contributed by atoms with Crippen LogP contribution in [0.1, 0.15) is 25.0 Å². The molecular formula is C22H23ClFNO5. The topological polar surface area (TPSA) is 84.9 Å². The third kappa shape index (κ3) is 6.22. The zero-order chi connectivity index (χ0) is 22.3. The SMILES string of the molecule is COc1cc(/C=C/C(=O)N[C@@H](C(=O)O)C(C)C)ccc1OCc1c(F)cccc1Cl. The van der Waals surface area contributed by atoms with Crippen molar-refractivity contribution in [2.24, 2.45) is 5.92 Å². The van der Waals surface area contributed by atoms with Crippen molar-refractivity contribution in [1.29, 1.82) is 0 Å². The van der Waals surface area contributed by atoms with Crippen molar-refractivity contribution in [2.45, 2.75) is 26.5 Å². The maximum absolute atomic E-state index is 13.9. The predicted molar refractivity (Wildman–Crippen MR) is 112 cm³/mol. The van der Waals surface area contributed by atoms with E-state index in [0.717, 1.165) is 0 Å². The molecule has 8 heteroatoms. The Hall–Kier alpha value is -3.06. The van der Waals surface area contributed by atoms with E-state index in [0.29, 0.717) is 17.1 Å². The Bertz CT molecular complexity index is 925. The van der Waals surface area contributed by atoms with Crippen molar-refractivity contribution in [3.63, 3.8) is 0 Å². The first-order chi connectivity index (χ1) is 14.2. The standard InChI is InChI=1S/C22H23ClFNO5/c1-13(2)21(22(27)28)25-20(26)10-8-14-7-9-18(19(11-14)29-3)30-12-15-16(23)5-4-6-17(15)24/h4-11,13,21H,12H2,1-3H3,(H,25,26)(H,27,28)/b10-8+/t21-/m1/s1. The Labute approximate surface area is 179 Å². The van der Waals surface area contributed by atoms with Crippen LogP contribution in [-0.4, -0.2) is 30.1 Å². The van der Waals surface area contributed by atoms with Gasteiger partial charge in [-0.15, -0.1) is 0 Å². The lowest BCUT2D eigenvalue weighted by Crippen LogP contribution is -2.43. The molecule has 0 saturated carbocycles. The second kappa shape index (κ2) is 10.6. The summed E-state index contributed by atoms with van der Waals surface area (Å²) in [6, 6.07) is 8.36. The van der Waals surface area contributed by atoms with Crippen molar-refractivity contribution in [3.8, 4) is 11.5 Å². The zero-order valence-corrected chi connectivity index (χ0v) is 17.6. The summed E-state index contributed by atoms with van der Waals surface area (Å²) in [7, 11) is 1.46. The average molecular weight is 436 g/mol. The van der Waals surface area contributed by atoms with E-state index in [1.54, 1.807) is 38.1 Å². The lowest BCUT2D eigenvalue weighted by molar-refractivity contribution is -0.142. The molecule has 0 unspecified atom stereocenters. The molecule has 0 aliphatic rings. The first kappa shape index (κ1) is 23.2. The molecule has 0 radical (unpaired) electrons.